The van der Waals surface area contributed by atoms with Crippen molar-refractivity contribution in [3.8, 4) is 28.1 Å². The quantitative estimate of drug-likeness (QED) is 0.415. The predicted molar refractivity (Wildman–Crippen MR) is 115 cm³/mol. The van der Waals surface area contributed by atoms with Crippen LogP contribution in [0.25, 0.3) is 33.3 Å². The summed E-state index contributed by atoms with van der Waals surface area (Å²) in [6, 6.07) is 15.3. The zero-order valence-electron chi connectivity index (χ0n) is 16.9. The summed E-state index contributed by atoms with van der Waals surface area (Å²) in [5.41, 5.74) is 2.44. The molecule has 0 aliphatic carbocycles. The van der Waals surface area contributed by atoms with E-state index in [2.05, 4.69) is 4.98 Å². The molecule has 0 unspecified atom stereocenters. The summed E-state index contributed by atoms with van der Waals surface area (Å²) in [4.78, 5) is 16.3. The number of carbonyl (C=O) groups is 1. The zero-order chi connectivity index (χ0) is 22.1. The van der Waals surface area contributed by atoms with Gasteiger partial charge in [-0.1, -0.05) is 23.8 Å². The molecule has 0 atom stereocenters. The van der Waals surface area contributed by atoms with Gasteiger partial charge in [0.25, 0.3) is 0 Å². The van der Waals surface area contributed by atoms with Crippen LogP contribution < -0.4 is 4.74 Å². The van der Waals surface area contributed by atoms with Gasteiger partial charge < -0.3 is 9.84 Å². The van der Waals surface area contributed by atoms with Gasteiger partial charge in [0.05, 0.1) is 23.4 Å². The summed E-state index contributed by atoms with van der Waals surface area (Å²) in [7, 11) is 0. The second kappa shape index (κ2) is 8.14. The van der Waals surface area contributed by atoms with Crippen molar-refractivity contribution < 1.29 is 23.4 Å². The minimum Gasteiger partial charge on any atom is -0.494 e. The summed E-state index contributed by atoms with van der Waals surface area (Å²) in [5.74, 6) is -1.95. The van der Waals surface area contributed by atoms with E-state index in [-0.39, 0.29) is 16.7 Å². The molecular formula is C25H19F2NO3. The summed E-state index contributed by atoms with van der Waals surface area (Å²) < 4.78 is 34.7. The minimum atomic E-state index is -1.09. The van der Waals surface area contributed by atoms with E-state index >= 15 is 0 Å². The summed E-state index contributed by atoms with van der Waals surface area (Å²) in [5, 5.41) is 10.1. The molecule has 0 radical (unpaired) electrons. The number of pyridine rings is 1. The number of carboxylic acid groups (broad SMARTS) is 1. The second-order valence-electron chi connectivity index (χ2n) is 7.15. The molecule has 4 aromatic rings. The number of carboxylic acids is 1. The molecule has 1 aromatic heterocycles. The van der Waals surface area contributed by atoms with Gasteiger partial charge in [-0.3, -0.25) is 0 Å². The summed E-state index contributed by atoms with van der Waals surface area (Å²) in [6.45, 7) is 4.06. The summed E-state index contributed by atoms with van der Waals surface area (Å²) in [6.07, 6.45) is 0. The molecule has 3 aromatic carbocycles. The lowest BCUT2D eigenvalue weighted by Gasteiger charge is -2.11. The standard InChI is InChI=1S/C25H19F2NO3/c1-3-31-16-6-8-18(22(27)12-16)17-7-5-15(11-21(17)26)24-13-20(25(29)30)19-10-14(2)4-9-23(19)28-24/h4-13H,3H2,1-2H3,(H,29,30). The Kier molecular flexibility index (Phi) is 5.38. The highest BCUT2D eigenvalue weighted by molar-refractivity contribution is 6.04. The van der Waals surface area contributed by atoms with Crippen molar-refractivity contribution in [3.05, 3.63) is 83.4 Å². The van der Waals surface area contributed by atoms with Gasteiger partial charge in [-0.2, -0.15) is 0 Å². The third kappa shape index (κ3) is 3.97. The van der Waals surface area contributed by atoms with Gasteiger partial charge in [-0.05, 0) is 50.2 Å². The Labute approximate surface area is 177 Å². The molecule has 0 amide bonds. The fourth-order valence-corrected chi connectivity index (χ4v) is 3.53. The Hall–Kier alpha value is -3.80. The fourth-order valence-electron chi connectivity index (χ4n) is 3.53. The molecule has 4 rings (SSSR count). The molecule has 1 heterocycles. The van der Waals surface area contributed by atoms with Crippen molar-refractivity contribution in [1.82, 2.24) is 4.98 Å². The van der Waals surface area contributed by atoms with Crippen molar-refractivity contribution in [3.63, 3.8) is 0 Å². The number of aryl methyl sites for hydroxylation is 1. The molecule has 0 saturated heterocycles. The van der Waals surface area contributed by atoms with E-state index in [1.165, 1.54) is 30.3 Å². The number of benzene rings is 3. The van der Waals surface area contributed by atoms with Gasteiger partial charge in [-0.25, -0.2) is 18.6 Å². The average molecular weight is 419 g/mol. The number of ether oxygens (including phenoxy) is 1. The number of rotatable bonds is 5. The maximum Gasteiger partial charge on any atom is 0.336 e. The van der Waals surface area contributed by atoms with Crippen LogP contribution in [-0.4, -0.2) is 22.7 Å². The number of fused-ring (bicyclic) bond motifs is 1. The highest BCUT2D eigenvalue weighted by Crippen LogP contribution is 2.32. The van der Waals surface area contributed by atoms with E-state index in [4.69, 9.17) is 4.74 Å². The third-order valence-corrected chi connectivity index (χ3v) is 5.00. The van der Waals surface area contributed by atoms with Crippen LogP contribution in [0.4, 0.5) is 8.78 Å². The monoisotopic (exact) mass is 419 g/mol. The zero-order valence-corrected chi connectivity index (χ0v) is 16.9. The molecule has 6 heteroatoms. The molecule has 0 spiro atoms. The summed E-state index contributed by atoms with van der Waals surface area (Å²) >= 11 is 0. The van der Waals surface area contributed by atoms with Gasteiger partial charge >= 0.3 is 5.97 Å². The molecular weight excluding hydrogens is 400 g/mol. The lowest BCUT2D eigenvalue weighted by atomic mass is 9.99. The molecule has 156 valence electrons. The van der Waals surface area contributed by atoms with Crippen molar-refractivity contribution >= 4 is 16.9 Å². The van der Waals surface area contributed by atoms with Gasteiger partial charge in [0.2, 0.25) is 0 Å². The molecule has 0 saturated carbocycles. The topological polar surface area (TPSA) is 59.4 Å². The molecule has 0 bridgehead atoms. The average Bonchev–Trinajstić information content (AvgIpc) is 2.73. The van der Waals surface area contributed by atoms with E-state index in [1.807, 2.05) is 13.0 Å². The van der Waals surface area contributed by atoms with Gasteiger partial charge in [0.1, 0.15) is 17.4 Å². The van der Waals surface area contributed by atoms with Crippen LogP contribution in [0.2, 0.25) is 0 Å². The van der Waals surface area contributed by atoms with Crippen LogP contribution in [0.15, 0.2) is 60.7 Å². The largest absolute Gasteiger partial charge is 0.494 e. The number of hydrogen-bond donors (Lipinski definition) is 1. The number of hydrogen-bond acceptors (Lipinski definition) is 3. The Morgan fingerprint density at radius 3 is 2.32 bits per heavy atom. The first-order valence-corrected chi connectivity index (χ1v) is 9.74. The van der Waals surface area contributed by atoms with Crippen LogP contribution in [0.5, 0.6) is 5.75 Å². The van der Waals surface area contributed by atoms with Crippen LogP contribution in [0, 0.1) is 18.6 Å². The first kappa shape index (κ1) is 20.5. The molecule has 0 aliphatic rings. The fraction of sp³-hybridized carbons (Fsp3) is 0.120. The number of nitrogens with zero attached hydrogens (tertiary/aromatic N) is 1. The smallest absolute Gasteiger partial charge is 0.336 e. The van der Waals surface area contributed by atoms with Crippen molar-refractivity contribution in [2.75, 3.05) is 6.61 Å². The Morgan fingerprint density at radius 2 is 1.68 bits per heavy atom. The minimum absolute atomic E-state index is 0.0887. The molecule has 31 heavy (non-hydrogen) atoms. The predicted octanol–water partition coefficient (Wildman–Crippen LogP) is 6.25. The Balaban J connectivity index is 1.79. The van der Waals surface area contributed by atoms with Gasteiger partial charge in [0, 0.05) is 28.1 Å². The van der Waals surface area contributed by atoms with Crippen LogP contribution in [-0.2, 0) is 0 Å². The molecule has 4 nitrogen and oxygen atoms in total. The van der Waals surface area contributed by atoms with E-state index in [1.54, 1.807) is 31.2 Å². The van der Waals surface area contributed by atoms with Crippen LogP contribution >= 0.6 is 0 Å². The molecule has 1 N–H and O–H groups in total. The van der Waals surface area contributed by atoms with Crippen LogP contribution in [0.3, 0.4) is 0 Å². The highest BCUT2D eigenvalue weighted by Gasteiger charge is 2.16. The van der Waals surface area contributed by atoms with E-state index in [0.29, 0.717) is 34.5 Å². The first-order chi connectivity index (χ1) is 14.9. The van der Waals surface area contributed by atoms with E-state index < -0.39 is 17.6 Å². The Bertz CT molecular complexity index is 1320. The molecule has 0 fully saturated rings. The number of aromatic carboxylic acids is 1. The van der Waals surface area contributed by atoms with E-state index in [0.717, 1.165) is 5.56 Å². The van der Waals surface area contributed by atoms with Crippen LogP contribution in [0.1, 0.15) is 22.8 Å². The SMILES string of the molecule is CCOc1ccc(-c2ccc(-c3cc(C(=O)O)c4cc(C)ccc4n3)cc2F)c(F)c1. The maximum absolute atomic E-state index is 14.9. The number of halogens is 2. The normalized spacial score (nSPS) is 11.0. The first-order valence-electron chi connectivity index (χ1n) is 9.74. The number of aromatic nitrogens is 1. The van der Waals surface area contributed by atoms with Gasteiger partial charge in [0.15, 0.2) is 0 Å². The maximum atomic E-state index is 14.9. The van der Waals surface area contributed by atoms with Crippen molar-refractivity contribution in [2.24, 2.45) is 0 Å². The molecule has 0 aliphatic heterocycles. The van der Waals surface area contributed by atoms with E-state index in [9.17, 15) is 18.7 Å². The van der Waals surface area contributed by atoms with Crippen molar-refractivity contribution in [2.45, 2.75) is 13.8 Å². The third-order valence-electron chi connectivity index (χ3n) is 5.00. The lowest BCUT2D eigenvalue weighted by Crippen LogP contribution is -2.01. The van der Waals surface area contributed by atoms with Gasteiger partial charge in [-0.15, -0.1) is 0 Å². The lowest BCUT2D eigenvalue weighted by molar-refractivity contribution is 0.0699. The van der Waals surface area contributed by atoms with Crippen molar-refractivity contribution in [1.29, 1.82) is 0 Å². The Morgan fingerprint density at radius 1 is 0.968 bits per heavy atom. The highest BCUT2D eigenvalue weighted by atomic mass is 19.1. The second-order valence-corrected chi connectivity index (χ2v) is 7.15.